The summed E-state index contributed by atoms with van der Waals surface area (Å²) in [6.07, 6.45) is -0.149. The minimum atomic E-state index is -1.04. The normalized spacial score (nSPS) is 12.8. The lowest BCUT2D eigenvalue weighted by molar-refractivity contribution is -0.143. The van der Waals surface area contributed by atoms with Crippen LogP contribution in [0.5, 0.6) is 0 Å². The third kappa shape index (κ3) is 3.25. The summed E-state index contributed by atoms with van der Waals surface area (Å²) in [4.78, 5) is 11.0. The van der Waals surface area contributed by atoms with E-state index in [9.17, 15) is 13.6 Å². The van der Waals surface area contributed by atoms with Crippen molar-refractivity contribution in [2.45, 2.75) is 20.3 Å². The summed E-state index contributed by atoms with van der Waals surface area (Å²) >= 11 is 2.96. The number of benzene rings is 1. The van der Waals surface area contributed by atoms with Gasteiger partial charge in [0.25, 0.3) is 0 Å². The summed E-state index contributed by atoms with van der Waals surface area (Å²) in [5.74, 6) is -3.47. The molecule has 0 saturated heterocycles. The Hall–Kier alpha value is -0.970. The standard InChI is InChI=1S/C12H13BrF2O2/c1-6(2)7(12(16)17)5-8-10(14)4-3-9(13)11(8)15/h3-4,6-7H,5H2,1-2H3,(H,16,17). The molecule has 5 heteroatoms. The number of hydrogen-bond acceptors (Lipinski definition) is 1. The topological polar surface area (TPSA) is 37.3 Å². The van der Waals surface area contributed by atoms with Gasteiger partial charge in [-0.2, -0.15) is 0 Å². The molecule has 0 bridgehead atoms. The summed E-state index contributed by atoms with van der Waals surface area (Å²) in [6, 6.07) is 2.39. The fourth-order valence-corrected chi connectivity index (χ4v) is 1.96. The first kappa shape index (κ1) is 14.1. The zero-order valence-corrected chi connectivity index (χ0v) is 11.1. The minimum absolute atomic E-state index is 0.141. The molecule has 0 aromatic heterocycles. The molecule has 17 heavy (non-hydrogen) atoms. The fraction of sp³-hybridized carbons (Fsp3) is 0.417. The van der Waals surface area contributed by atoms with Gasteiger partial charge in [0.2, 0.25) is 0 Å². The van der Waals surface area contributed by atoms with Gasteiger partial charge in [-0.15, -0.1) is 0 Å². The molecule has 2 nitrogen and oxygen atoms in total. The summed E-state index contributed by atoms with van der Waals surface area (Å²) < 4.78 is 27.3. The van der Waals surface area contributed by atoms with Gasteiger partial charge in [0.15, 0.2) is 0 Å². The number of aliphatic carboxylic acids is 1. The molecule has 1 atom stereocenters. The predicted molar refractivity (Wildman–Crippen MR) is 63.7 cm³/mol. The first-order valence-electron chi connectivity index (χ1n) is 5.19. The maximum Gasteiger partial charge on any atom is 0.307 e. The molecule has 1 aromatic rings. The smallest absolute Gasteiger partial charge is 0.307 e. The Kier molecular flexibility index (Phi) is 4.62. The van der Waals surface area contributed by atoms with Crippen molar-refractivity contribution in [3.8, 4) is 0 Å². The van der Waals surface area contributed by atoms with E-state index in [-0.39, 0.29) is 22.4 Å². The number of hydrogen-bond donors (Lipinski definition) is 1. The van der Waals surface area contributed by atoms with Crippen LogP contribution in [-0.4, -0.2) is 11.1 Å². The van der Waals surface area contributed by atoms with Crippen molar-refractivity contribution < 1.29 is 18.7 Å². The lowest BCUT2D eigenvalue weighted by Crippen LogP contribution is -2.23. The highest BCUT2D eigenvalue weighted by atomic mass is 79.9. The lowest BCUT2D eigenvalue weighted by atomic mass is 9.89. The third-order valence-corrected chi connectivity index (χ3v) is 3.30. The lowest BCUT2D eigenvalue weighted by Gasteiger charge is -2.17. The number of halogens is 3. The average molecular weight is 307 g/mol. The Morgan fingerprint density at radius 1 is 1.41 bits per heavy atom. The van der Waals surface area contributed by atoms with Gasteiger partial charge in [-0.05, 0) is 40.4 Å². The molecule has 94 valence electrons. The highest BCUT2D eigenvalue weighted by Gasteiger charge is 2.25. The van der Waals surface area contributed by atoms with Crippen LogP contribution in [0.4, 0.5) is 8.78 Å². The molecular formula is C12H13BrF2O2. The number of carboxylic acid groups (broad SMARTS) is 1. The summed E-state index contributed by atoms with van der Waals surface area (Å²) in [7, 11) is 0. The van der Waals surface area contributed by atoms with Crippen molar-refractivity contribution in [3.63, 3.8) is 0 Å². The predicted octanol–water partition coefficient (Wildman–Crippen LogP) is 3.63. The molecule has 1 N–H and O–H groups in total. The first-order valence-corrected chi connectivity index (χ1v) is 5.99. The minimum Gasteiger partial charge on any atom is -0.481 e. The van der Waals surface area contributed by atoms with Crippen LogP contribution in [0, 0.1) is 23.5 Å². The monoisotopic (exact) mass is 306 g/mol. The van der Waals surface area contributed by atoms with Gasteiger partial charge in [-0.25, -0.2) is 8.78 Å². The number of carbonyl (C=O) groups is 1. The number of rotatable bonds is 4. The SMILES string of the molecule is CC(C)C(Cc1c(F)ccc(Br)c1F)C(=O)O. The van der Waals surface area contributed by atoms with E-state index in [1.165, 1.54) is 6.07 Å². The second kappa shape index (κ2) is 5.58. The molecule has 0 saturated carbocycles. The van der Waals surface area contributed by atoms with Crippen molar-refractivity contribution in [2.24, 2.45) is 11.8 Å². The zero-order chi connectivity index (χ0) is 13.2. The van der Waals surface area contributed by atoms with Gasteiger partial charge >= 0.3 is 5.97 Å². The van der Waals surface area contributed by atoms with Crippen molar-refractivity contribution in [3.05, 3.63) is 33.8 Å². The van der Waals surface area contributed by atoms with Crippen LogP contribution in [0.2, 0.25) is 0 Å². The van der Waals surface area contributed by atoms with Crippen molar-refractivity contribution >= 4 is 21.9 Å². The van der Waals surface area contributed by atoms with E-state index in [4.69, 9.17) is 5.11 Å². The van der Waals surface area contributed by atoms with Crippen LogP contribution in [0.15, 0.2) is 16.6 Å². The van der Waals surface area contributed by atoms with Gasteiger partial charge in [-0.3, -0.25) is 4.79 Å². The first-order chi connectivity index (χ1) is 7.84. The molecule has 1 aromatic carbocycles. The molecule has 0 fully saturated rings. The zero-order valence-electron chi connectivity index (χ0n) is 9.51. The van der Waals surface area contributed by atoms with Crippen molar-refractivity contribution in [1.29, 1.82) is 0 Å². The molecule has 1 rings (SSSR count). The summed E-state index contributed by atoms with van der Waals surface area (Å²) in [6.45, 7) is 3.43. The molecule has 1 unspecified atom stereocenters. The van der Waals surface area contributed by atoms with Gasteiger partial charge in [-0.1, -0.05) is 13.8 Å². The molecular weight excluding hydrogens is 294 g/mol. The Bertz CT molecular complexity index is 433. The average Bonchev–Trinajstić information content (AvgIpc) is 2.23. The van der Waals surface area contributed by atoms with E-state index in [0.29, 0.717) is 0 Å². The second-order valence-corrected chi connectivity index (χ2v) is 5.07. The Labute approximate surface area is 107 Å². The van der Waals surface area contributed by atoms with Gasteiger partial charge in [0, 0.05) is 5.56 Å². The van der Waals surface area contributed by atoms with Gasteiger partial charge < -0.3 is 5.11 Å². The van der Waals surface area contributed by atoms with E-state index in [2.05, 4.69) is 15.9 Å². The molecule has 0 radical (unpaired) electrons. The van der Waals surface area contributed by atoms with Crippen molar-refractivity contribution in [1.82, 2.24) is 0 Å². The van der Waals surface area contributed by atoms with E-state index < -0.39 is 23.5 Å². The molecule has 0 spiro atoms. The van der Waals surface area contributed by atoms with Crippen LogP contribution >= 0.6 is 15.9 Å². The van der Waals surface area contributed by atoms with Crippen molar-refractivity contribution in [2.75, 3.05) is 0 Å². The van der Waals surface area contributed by atoms with E-state index in [1.807, 2.05) is 0 Å². The van der Waals surface area contributed by atoms with E-state index in [0.717, 1.165) is 6.07 Å². The van der Waals surface area contributed by atoms with E-state index >= 15 is 0 Å². The summed E-state index contributed by atoms with van der Waals surface area (Å²) in [5.41, 5.74) is -0.180. The quantitative estimate of drug-likeness (QED) is 0.863. The molecule has 0 heterocycles. The van der Waals surface area contributed by atoms with Crippen LogP contribution in [0.3, 0.4) is 0 Å². The maximum atomic E-state index is 13.7. The number of carboxylic acids is 1. The third-order valence-electron chi connectivity index (χ3n) is 2.68. The van der Waals surface area contributed by atoms with Crippen LogP contribution in [0.1, 0.15) is 19.4 Å². The fourth-order valence-electron chi connectivity index (χ4n) is 1.58. The Balaban J connectivity index is 3.09. The van der Waals surface area contributed by atoms with Crippen LogP contribution in [0.25, 0.3) is 0 Å². The highest BCUT2D eigenvalue weighted by Crippen LogP contribution is 2.26. The molecule has 0 amide bonds. The van der Waals surface area contributed by atoms with Crippen LogP contribution in [-0.2, 0) is 11.2 Å². The van der Waals surface area contributed by atoms with Crippen LogP contribution < -0.4 is 0 Å². The molecule has 0 aliphatic rings. The Morgan fingerprint density at radius 2 is 2.00 bits per heavy atom. The van der Waals surface area contributed by atoms with Gasteiger partial charge in [0.1, 0.15) is 11.6 Å². The van der Waals surface area contributed by atoms with E-state index in [1.54, 1.807) is 13.8 Å². The summed E-state index contributed by atoms with van der Waals surface area (Å²) in [5, 5.41) is 9.00. The Morgan fingerprint density at radius 3 is 2.47 bits per heavy atom. The largest absolute Gasteiger partial charge is 0.481 e. The maximum absolute atomic E-state index is 13.7. The van der Waals surface area contributed by atoms with Gasteiger partial charge in [0.05, 0.1) is 10.4 Å². The molecule has 0 aliphatic heterocycles. The second-order valence-electron chi connectivity index (χ2n) is 4.21. The molecule has 0 aliphatic carbocycles. The highest BCUT2D eigenvalue weighted by molar-refractivity contribution is 9.10.